The molecule has 3 N–H and O–H groups in total. The van der Waals surface area contributed by atoms with Crippen LogP contribution < -0.4 is 10.7 Å². The van der Waals surface area contributed by atoms with Crippen molar-refractivity contribution in [2.45, 2.75) is 39.0 Å². The van der Waals surface area contributed by atoms with Crippen LogP contribution in [-0.2, 0) is 22.4 Å². The molecule has 2 aliphatic rings. The fraction of sp³-hybridized carbons (Fsp3) is 0.471. The maximum absolute atomic E-state index is 12.4. The summed E-state index contributed by atoms with van der Waals surface area (Å²) >= 11 is 1.57. The molecule has 0 atom stereocenters. The van der Waals surface area contributed by atoms with Gasteiger partial charge in [-0.1, -0.05) is 11.3 Å². The Labute approximate surface area is 137 Å². The molecule has 0 aliphatic heterocycles. The number of nitrogens with two attached hydrogens (primary N) is 1. The Bertz CT molecular complexity index is 836. The van der Waals surface area contributed by atoms with Gasteiger partial charge in [-0.15, -0.1) is 0 Å². The third kappa shape index (κ3) is 2.51. The monoisotopic (exact) mass is 331 g/mol. The first-order valence-corrected chi connectivity index (χ1v) is 8.80. The highest BCUT2D eigenvalue weighted by Gasteiger charge is 2.31. The lowest BCUT2D eigenvalue weighted by molar-refractivity contribution is -0.352. The SMILES string of the molecule is Cc1[nH+]c2sc3c(c2c(N)c1C(=O)OCC1CC1)CCC(=O)C3. The van der Waals surface area contributed by atoms with Crippen molar-refractivity contribution in [2.75, 3.05) is 12.3 Å². The highest BCUT2D eigenvalue weighted by molar-refractivity contribution is 7.18. The van der Waals surface area contributed by atoms with Gasteiger partial charge in [0.05, 0.1) is 17.7 Å². The molecular formula is C17H19N2O3S+. The molecule has 0 unspecified atom stereocenters. The van der Waals surface area contributed by atoms with Gasteiger partial charge >= 0.3 is 5.97 Å². The van der Waals surface area contributed by atoms with Crippen LogP contribution in [0.15, 0.2) is 0 Å². The summed E-state index contributed by atoms with van der Waals surface area (Å²) in [7, 11) is 0. The molecule has 5 nitrogen and oxygen atoms in total. The van der Waals surface area contributed by atoms with Crippen molar-refractivity contribution in [1.82, 2.24) is 0 Å². The van der Waals surface area contributed by atoms with Crippen molar-refractivity contribution >= 4 is 39.0 Å². The lowest BCUT2D eigenvalue weighted by Gasteiger charge is -2.11. The Hall–Kier alpha value is -1.95. The number of Topliss-reactive ketones (excluding diaryl/α,β-unsaturated/α-hetero) is 1. The number of anilines is 1. The molecule has 2 aromatic rings. The number of esters is 1. The molecule has 1 fully saturated rings. The first-order valence-electron chi connectivity index (χ1n) is 7.99. The fourth-order valence-electron chi connectivity index (χ4n) is 3.20. The van der Waals surface area contributed by atoms with E-state index in [9.17, 15) is 9.59 Å². The minimum atomic E-state index is -0.350. The minimum Gasteiger partial charge on any atom is -0.462 e. The van der Waals surface area contributed by atoms with Gasteiger partial charge in [-0.3, -0.25) is 4.79 Å². The van der Waals surface area contributed by atoms with Crippen molar-refractivity contribution in [2.24, 2.45) is 5.92 Å². The van der Waals surface area contributed by atoms with Crippen LogP contribution in [0.1, 0.15) is 45.8 Å². The van der Waals surface area contributed by atoms with Gasteiger partial charge in [-0.25, -0.2) is 4.79 Å². The summed E-state index contributed by atoms with van der Waals surface area (Å²) in [6, 6.07) is 0. The number of aromatic nitrogens is 1. The summed E-state index contributed by atoms with van der Waals surface area (Å²) < 4.78 is 5.41. The summed E-state index contributed by atoms with van der Waals surface area (Å²) in [5.74, 6) is 0.438. The predicted octanol–water partition coefficient (Wildman–Crippen LogP) is 2.23. The second-order valence-corrected chi connectivity index (χ2v) is 7.61. The fourth-order valence-corrected chi connectivity index (χ4v) is 4.54. The van der Waals surface area contributed by atoms with Gasteiger partial charge in [-0.05, 0) is 30.7 Å². The van der Waals surface area contributed by atoms with Crippen molar-refractivity contribution in [3.05, 3.63) is 21.7 Å². The minimum absolute atomic E-state index is 0.267. The van der Waals surface area contributed by atoms with Crippen LogP contribution in [0.25, 0.3) is 10.2 Å². The van der Waals surface area contributed by atoms with Crippen molar-refractivity contribution in [3.63, 3.8) is 0 Å². The molecule has 0 spiro atoms. The summed E-state index contributed by atoms with van der Waals surface area (Å²) in [5, 5.41) is 0.904. The van der Waals surface area contributed by atoms with E-state index in [1.807, 2.05) is 6.92 Å². The highest BCUT2D eigenvalue weighted by Crippen LogP contribution is 2.38. The van der Waals surface area contributed by atoms with Gasteiger partial charge in [0.1, 0.15) is 11.3 Å². The van der Waals surface area contributed by atoms with Crippen LogP contribution in [0.2, 0.25) is 0 Å². The van der Waals surface area contributed by atoms with E-state index in [1.165, 1.54) is 0 Å². The number of carbonyl (C=O) groups is 2. The maximum Gasteiger partial charge on any atom is 0.346 e. The number of aromatic amines is 1. The number of thiophene rings is 1. The van der Waals surface area contributed by atoms with E-state index in [0.717, 1.165) is 39.2 Å². The number of nitrogen functional groups attached to an aromatic ring is 1. The van der Waals surface area contributed by atoms with Gasteiger partial charge in [0, 0.05) is 24.6 Å². The van der Waals surface area contributed by atoms with Crippen LogP contribution in [-0.4, -0.2) is 18.4 Å². The Morgan fingerprint density at radius 1 is 1.39 bits per heavy atom. The van der Waals surface area contributed by atoms with E-state index in [4.69, 9.17) is 10.5 Å². The normalized spacial score (nSPS) is 17.3. The lowest BCUT2D eigenvalue weighted by Crippen LogP contribution is -2.20. The molecule has 23 heavy (non-hydrogen) atoms. The molecule has 2 aromatic heterocycles. The molecule has 1 saturated carbocycles. The van der Waals surface area contributed by atoms with E-state index in [2.05, 4.69) is 4.98 Å². The van der Waals surface area contributed by atoms with Crippen LogP contribution in [0.4, 0.5) is 5.69 Å². The number of H-pyrrole nitrogens is 1. The quantitative estimate of drug-likeness (QED) is 0.874. The smallest absolute Gasteiger partial charge is 0.346 e. The number of hydrogen-bond acceptors (Lipinski definition) is 5. The number of aryl methyl sites for hydroxylation is 2. The summed E-state index contributed by atoms with van der Waals surface area (Å²) in [6.07, 6.45) is 4.00. The van der Waals surface area contributed by atoms with Gasteiger partial charge in [0.15, 0.2) is 5.69 Å². The Morgan fingerprint density at radius 2 is 2.17 bits per heavy atom. The molecule has 0 amide bonds. The number of carbonyl (C=O) groups excluding carboxylic acids is 2. The average Bonchev–Trinajstić information content (AvgIpc) is 3.25. The molecule has 120 valence electrons. The third-order valence-corrected chi connectivity index (χ3v) is 5.82. The number of pyridine rings is 1. The number of nitrogens with one attached hydrogen (secondary N) is 1. The maximum atomic E-state index is 12.4. The number of ether oxygens (including phenoxy) is 1. The molecule has 4 rings (SSSR count). The van der Waals surface area contributed by atoms with Crippen LogP contribution in [0.3, 0.4) is 0 Å². The molecule has 0 radical (unpaired) electrons. The van der Waals surface area contributed by atoms with Gasteiger partial charge in [-0.2, -0.15) is 4.98 Å². The zero-order valence-corrected chi connectivity index (χ0v) is 13.8. The summed E-state index contributed by atoms with van der Waals surface area (Å²) in [5.41, 5.74) is 9.12. The van der Waals surface area contributed by atoms with Gasteiger partial charge in [0.2, 0.25) is 0 Å². The first kappa shape index (κ1) is 14.6. The zero-order valence-electron chi connectivity index (χ0n) is 13.0. The molecule has 0 saturated heterocycles. The highest BCUT2D eigenvalue weighted by atomic mass is 32.1. The van der Waals surface area contributed by atoms with Crippen molar-refractivity contribution in [3.8, 4) is 0 Å². The van der Waals surface area contributed by atoms with Crippen LogP contribution >= 0.6 is 11.3 Å². The number of fused-ring (bicyclic) bond motifs is 3. The van der Waals surface area contributed by atoms with E-state index in [0.29, 0.717) is 43.0 Å². The number of hydrogen-bond donors (Lipinski definition) is 1. The Balaban J connectivity index is 1.78. The van der Waals surface area contributed by atoms with Gasteiger partial charge < -0.3 is 10.5 Å². The Kier molecular flexibility index (Phi) is 3.37. The van der Waals surface area contributed by atoms with Gasteiger partial charge in [0.25, 0.3) is 4.83 Å². The van der Waals surface area contributed by atoms with Crippen LogP contribution in [0.5, 0.6) is 0 Å². The molecule has 0 aromatic carbocycles. The molecular weight excluding hydrogens is 312 g/mol. The summed E-state index contributed by atoms with van der Waals surface area (Å²) in [6.45, 7) is 2.32. The Morgan fingerprint density at radius 3 is 2.91 bits per heavy atom. The van der Waals surface area contributed by atoms with E-state index >= 15 is 0 Å². The van der Waals surface area contributed by atoms with E-state index in [-0.39, 0.29) is 11.8 Å². The third-order valence-electron chi connectivity index (χ3n) is 4.67. The second kappa shape index (κ2) is 5.30. The largest absolute Gasteiger partial charge is 0.462 e. The topological polar surface area (TPSA) is 83.5 Å². The molecule has 0 bridgehead atoms. The predicted molar refractivity (Wildman–Crippen MR) is 87.6 cm³/mol. The van der Waals surface area contributed by atoms with Crippen LogP contribution in [0, 0.1) is 12.8 Å². The number of ketones is 1. The second-order valence-electron chi connectivity index (χ2n) is 6.50. The summed E-state index contributed by atoms with van der Waals surface area (Å²) in [4.78, 5) is 29.4. The van der Waals surface area contributed by atoms with E-state index in [1.54, 1.807) is 11.3 Å². The zero-order chi connectivity index (χ0) is 16.1. The molecule has 2 heterocycles. The van der Waals surface area contributed by atoms with E-state index < -0.39 is 0 Å². The lowest BCUT2D eigenvalue weighted by atomic mass is 9.94. The first-order chi connectivity index (χ1) is 11.0. The van der Waals surface area contributed by atoms with Crippen molar-refractivity contribution < 1.29 is 19.3 Å². The van der Waals surface area contributed by atoms with Crippen molar-refractivity contribution in [1.29, 1.82) is 0 Å². The average molecular weight is 331 g/mol. The standard InChI is InChI=1S/C17H18N2O3S/c1-8-13(17(21)22-7-9-2-3-9)15(18)14-11-5-4-10(20)6-12(11)23-16(14)19-8/h9H,2-7H2,1H3,(H2,18,19)/p+1. The molecule has 2 aliphatic carbocycles. The number of rotatable bonds is 3. The molecule has 6 heteroatoms.